The molecule has 2 aliphatic heterocycles. The number of urea groups is 1. The van der Waals surface area contributed by atoms with Crippen LogP contribution in [-0.4, -0.2) is 71.5 Å². The minimum absolute atomic E-state index is 0.0563. The van der Waals surface area contributed by atoms with Crippen LogP contribution in [0.5, 0.6) is 5.75 Å². The zero-order valence-electron chi connectivity index (χ0n) is 24.1. The van der Waals surface area contributed by atoms with Crippen LogP contribution < -0.4 is 20.7 Å². The number of dihydropyridines is 1. The number of piperidine rings is 1. The molecule has 0 unspecified atom stereocenters. The number of carbonyl (C=O) groups is 3. The molecular formula is C31H38N4O7. The van der Waals surface area contributed by atoms with Crippen LogP contribution >= 0.6 is 0 Å². The standard InChI is InChI=1S/C31H38N4O7/c1-19-25(28(36)37)27(26(29(38)39)20(2)33-19)21-7-4-9-23(17-21)34-30(40)32-13-6-14-35-15-11-31(41,12-16-35)22-8-5-10-24(18-22)42-3/h4-5,7-10,17-18,27,33,41H,6,11-16H2,1-3H3,(H,36,37)(H,38,39)(H2,32,34,40). The minimum Gasteiger partial charge on any atom is -0.497 e. The van der Waals surface area contributed by atoms with Gasteiger partial charge in [-0.05, 0) is 75.0 Å². The lowest BCUT2D eigenvalue weighted by atomic mass is 9.80. The van der Waals surface area contributed by atoms with Gasteiger partial charge in [-0.15, -0.1) is 0 Å². The number of ether oxygens (including phenoxy) is 1. The molecule has 224 valence electrons. The summed E-state index contributed by atoms with van der Waals surface area (Å²) in [5, 5.41) is 39.3. The smallest absolute Gasteiger partial charge is 0.334 e. The number of likely N-dealkylation sites (tertiary alicyclic amines) is 1. The average Bonchev–Trinajstić information content (AvgIpc) is 2.95. The molecule has 2 heterocycles. The Morgan fingerprint density at radius 1 is 1.00 bits per heavy atom. The first-order chi connectivity index (χ1) is 20.0. The molecule has 42 heavy (non-hydrogen) atoms. The third kappa shape index (κ3) is 6.92. The van der Waals surface area contributed by atoms with Gasteiger partial charge in [-0.1, -0.05) is 24.3 Å². The summed E-state index contributed by atoms with van der Waals surface area (Å²) < 4.78 is 5.29. The number of aliphatic carboxylic acids is 2. The maximum atomic E-state index is 12.6. The summed E-state index contributed by atoms with van der Waals surface area (Å²) >= 11 is 0. The molecule has 0 aliphatic carbocycles. The molecule has 11 nitrogen and oxygen atoms in total. The Kier molecular flexibility index (Phi) is 9.54. The molecule has 1 saturated heterocycles. The van der Waals surface area contributed by atoms with E-state index in [0.29, 0.717) is 42.0 Å². The number of nitrogens with one attached hydrogen (secondary N) is 3. The van der Waals surface area contributed by atoms with Crippen molar-refractivity contribution in [3.8, 4) is 5.75 Å². The van der Waals surface area contributed by atoms with E-state index in [1.165, 1.54) is 0 Å². The maximum Gasteiger partial charge on any atom is 0.334 e. The molecule has 2 aliphatic rings. The van der Waals surface area contributed by atoms with Crippen molar-refractivity contribution in [3.63, 3.8) is 0 Å². The number of carboxylic acids is 2. The lowest BCUT2D eigenvalue weighted by Gasteiger charge is -2.38. The largest absolute Gasteiger partial charge is 0.497 e. The predicted molar refractivity (Wildman–Crippen MR) is 157 cm³/mol. The molecule has 0 radical (unpaired) electrons. The maximum absolute atomic E-state index is 12.6. The highest BCUT2D eigenvalue weighted by atomic mass is 16.5. The molecule has 0 atom stereocenters. The van der Waals surface area contributed by atoms with E-state index in [9.17, 15) is 29.7 Å². The van der Waals surface area contributed by atoms with Gasteiger partial charge in [0.15, 0.2) is 0 Å². The first-order valence-electron chi connectivity index (χ1n) is 13.9. The molecule has 11 heteroatoms. The van der Waals surface area contributed by atoms with E-state index < -0.39 is 29.5 Å². The highest BCUT2D eigenvalue weighted by Gasteiger charge is 2.37. The molecule has 2 aromatic rings. The molecular weight excluding hydrogens is 540 g/mol. The lowest BCUT2D eigenvalue weighted by molar-refractivity contribution is -0.133. The summed E-state index contributed by atoms with van der Waals surface area (Å²) in [5.41, 5.74) is 1.46. The topological polar surface area (TPSA) is 160 Å². The van der Waals surface area contributed by atoms with Crippen LogP contribution in [0.15, 0.2) is 71.1 Å². The number of benzene rings is 2. The Balaban J connectivity index is 1.29. The number of amides is 2. The molecule has 2 amide bonds. The number of hydrogen-bond donors (Lipinski definition) is 6. The second kappa shape index (κ2) is 13.1. The molecule has 0 bridgehead atoms. The monoisotopic (exact) mass is 578 g/mol. The van der Waals surface area contributed by atoms with Gasteiger partial charge in [0.25, 0.3) is 0 Å². The molecule has 6 N–H and O–H groups in total. The Morgan fingerprint density at radius 2 is 1.64 bits per heavy atom. The van der Waals surface area contributed by atoms with E-state index >= 15 is 0 Å². The SMILES string of the molecule is COc1cccc(C2(O)CCN(CCCNC(=O)Nc3cccc(C4C(C(=O)O)=C(C)NC(C)=C4C(=O)O)c3)CC2)c1. The predicted octanol–water partition coefficient (Wildman–Crippen LogP) is 3.59. The summed E-state index contributed by atoms with van der Waals surface area (Å²) in [6.07, 6.45) is 1.94. The van der Waals surface area contributed by atoms with Crippen molar-refractivity contribution in [2.45, 2.75) is 44.6 Å². The van der Waals surface area contributed by atoms with E-state index in [0.717, 1.165) is 37.4 Å². The Morgan fingerprint density at radius 3 is 2.26 bits per heavy atom. The van der Waals surface area contributed by atoms with Gasteiger partial charge in [0, 0.05) is 36.7 Å². The number of allylic oxidation sites excluding steroid dienone is 2. The average molecular weight is 579 g/mol. The lowest BCUT2D eigenvalue weighted by Crippen LogP contribution is -2.43. The van der Waals surface area contributed by atoms with E-state index in [4.69, 9.17) is 4.74 Å². The Bertz CT molecular complexity index is 1370. The number of methoxy groups -OCH3 is 1. The molecule has 0 saturated carbocycles. The van der Waals surface area contributed by atoms with E-state index in [2.05, 4.69) is 20.9 Å². The summed E-state index contributed by atoms with van der Waals surface area (Å²) in [6.45, 7) is 5.88. The number of carboxylic acid groups (broad SMARTS) is 2. The van der Waals surface area contributed by atoms with Crippen molar-refractivity contribution >= 4 is 23.7 Å². The molecule has 2 aromatic carbocycles. The van der Waals surface area contributed by atoms with Crippen molar-refractivity contribution in [3.05, 3.63) is 82.2 Å². The number of carbonyl (C=O) groups excluding carboxylic acids is 1. The van der Waals surface area contributed by atoms with Crippen LogP contribution in [-0.2, 0) is 15.2 Å². The van der Waals surface area contributed by atoms with E-state index in [1.54, 1.807) is 45.2 Å². The normalized spacial score (nSPS) is 17.4. The Labute approximate surface area is 244 Å². The highest BCUT2D eigenvalue weighted by molar-refractivity contribution is 5.98. The third-order valence-electron chi connectivity index (χ3n) is 7.93. The van der Waals surface area contributed by atoms with Crippen LogP contribution in [0, 0.1) is 0 Å². The summed E-state index contributed by atoms with van der Waals surface area (Å²) in [7, 11) is 1.61. The molecule has 0 aromatic heterocycles. The summed E-state index contributed by atoms with van der Waals surface area (Å²) in [4.78, 5) is 39.0. The van der Waals surface area contributed by atoms with Crippen LogP contribution in [0.4, 0.5) is 10.5 Å². The molecule has 4 rings (SSSR count). The highest BCUT2D eigenvalue weighted by Crippen LogP contribution is 2.39. The van der Waals surface area contributed by atoms with Gasteiger partial charge >= 0.3 is 18.0 Å². The number of nitrogens with zero attached hydrogens (tertiary/aromatic N) is 1. The summed E-state index contributed by atoms with van der Waals surface area (Å²) in [5.74, 6) is -2.71. The molecule has 1 fully saturated rings. The minimum atomic E-state index is -1.22. The second-order valence-electron chi connectivity index (χ2n) is 10.7. The van der Waals surface area contributed by atoms with Gasteiger partial charge in [-0.2, -0.15) is 0 Å². The number of anilines is 1. The molecule has 0 spiro atoms. The van der Waals surface area contributed by atoms with Crippen LogP contribution in [0.1, 0.15) is 50.2 Å². The second-order valence-corrected chi connectivity index (χ2v) is 10.7. The Hall–Kier alpha value is -4.35. The van der Waals surface area contributed by atoms with Crippen molar-refractivity contribution in [1.29, 1.82) is 0 Å². The van der Waals surface area contributed by atoms with Crippen LogP contribution in [0.2, 0.25) is 0 Å². The van der Waals surface area contributed by atoms with Crippen LogP contribution in [0.3, 0.4) is 0 Å². The van der Waals surface area contributed by atoms with Crippen LogP contribution in [0.25, 0.3) is 0 Å². The zero-order valence-corrected chi connectivity index (χ0v) is 24.1. The third-order valence-corrected chi connectivity index (χ3v) is 7.93. The summed E-state index contributed by atoms with van der Waals surface area (Å²) in [6, 6.07) is 13.7. The van der Waals surface area contributed by atoms with Gasteiger partial charge in [0.2, 0.25) is 0 Å². The number of aliphatic hydroxyl groups is 1. The zero-order chi connectivity index (χ0) is 30.4. The quantitative estimate of drug-likeness (QED) is 0.232. The van der Waals surface area contributed by atoms with Gasteiger partial charge in [-0.25, -0.2) is 14.4 Å². The van der Waals surface area contributed by atoms with Gasteiger partial charge in [-0.3, -0.25) is 0 Å². The van der Waals surface area contributed by atoms with Crippen molar-refractivity contribution in [1.82, 2.24) is 15.5 Å². The first-order valence-corrected chi connectivity index (χ1v) is 13.9. The van der Waals surface area contributed by atoms with Crippen molar-refractivity contribution < 1.29 is 34.4 Å². The fourth-order valence-electron chi connectivity index (χ4n) is 5.72. The number of rotatable bonds is 10. The van der Waals surface area contributed by atoms with Gasteiger partial charge in [0.1, 0.15) is 5.75 Å². The van der Waals surface area contributed by atoms with Crippen molar-refractivity contribution in [2.75, 3.05) is 38.6 Å². The van der Waals surface area contributed by atoms with E-state index in [1.807, 2.05) is 24.3 Å². The van der Waals surface area contributed by atoms with Crippen molar-refractivity contribution in [2.24, 2.45) is 0 Å². The van der Waals surface area contributed by atoms with Gasteiger partial charge in [0.05, 0.1) is 29.8 Å². The van der Waals surface area contributed by atoms with E-state index in [-0.39, 0.29) is 11.1 Å². The fraction of sp³-hybridized carbons (Fsp3) is 0.387. The fourth-order valence-corrected chi connectivity index (χ4v) is 5.72. The first kappa shape index (κ1) is 30.6. The number of hydrogen-bond acceptors (Lipinski definition) is 7. The van der Waals surface area contributed by atoms with Gasteiger partial charge < -0.3 is 40.9 Å².